The van der Waals surface area contributed by atoms with Crippen LogP contribution in [0.4, 0.5) is 5.00 Å². The molecule has 146 valence electrons. The van der Waals surface area contributed by atoms with Gasteiger partial charge in [0, 0.05) is 9.77 Å². The van der Waals surface area contributed by atoms with Crippen molar-refractivity contribution in [2.24, 2.45) is 5.92 Å². The van der Waals surface area contributed by atoms with Crippen LogP contribution in [-0.2, 0) is 22.4 Å². The molecule has 1 heterocycles. The van der Waals surface area contributed by atoms with Gasteiger partial charge in [0.1, 0.15) is 11.1 Å². The summed E-state index contributed by atoms with van der Waals surface area (Å²) in [4.78, 5) is 26.6. The van der Waals surface area contributed by atoms with E-state index < -0.39 is 18.5 Å². The van der Waals surface area contributed by atoms with Crippen LogP contribution in [0.2, 0.25) is 5.02 Å². The maximum atomic E-state index is 12.3. The van der Waals surface area contributed by atoms with Crippen LogP contribution in [0.1, 0.15) is 39.7 Å². The number of benzene rings is 1. The van der Waals surface area contributed by atoms with Gasteiger partial charge in [0.2, 0.25) is 0 Å². The summed E-state index contributed by atoms with van der Waals surface area (Å²) in [5.41, 5.74) is 1.79. The molecule has 1 aliphatic rings. The molecule has 0 saturated heterocycles. The molecular formula is C20H19ClN2O3S2. The van der Waals surface area contributed by atoms with Gasteiger partial charge < -0.3 is 10.1 Å². The number of halogens is 1. The molecule has 1 amide bonds. The largest absolute Gasteiger partial charge is 0.452 e. The number of hydrogen-bond acceptors (Lipinski definition) is 6. The monoisotopic (exact) mass is 434 g/mol. The van der Waals surface area contributed by atoms with E-state index >= 15 is 0 Å². The highest BCUT2D eigenvalue weighted by molar-refractivity contribution is 7.98. The molecule has 28 heavy (non-hydrogen) atoms. The average molecular weight is 435 g/mol. The maximum Gasteiger partial charge on any atom is 0.340 e. The van der Waals surface area contributed by atoms with Gasteiger partial charge >= 0.3 is 5.97 Å². The lowest BCUT2D eigenvalue weighted by atomic mass is 9.89. The van der Waals surface area contributed by atoms with Gasteiger partial charge in [0.05, 0.1) is 16.1 Å². The topological polar surface area (TPSA) is 79.2 Å². The van der Waals surface area contributed by atoms with E-state index in [0.29, 0.717) is 16.5 Å². The van der Waals surface area contributed by atoms with Crippen molar-refractivity contribution in [2.45, 2.75) is 31.1 Å². The summed E-state index contributed by atoms with van der Waals surface area (Å²) in [6.07, 6.45) is 4.70. The minimum atomic E-state index is -0.657. The van der Waals surface area contributed by atoms with Crippen molar-refractivity contribution in [1.82, 2.24) is 0 Å². The van der Waals surface area contributed by atoms with Gasteiger partial charge in [-0.2, -0.15) is 5.26 Å². The van der Waals surface area contributed by atoms with Crippen LogP contribution in [0.5, 0.6) is 0 Å². The summed E-state index contributed by atoms with van der Waals surface area (Å²) in [6.45, 7) is 1.74. The number of ether oxygens (including phenoxy) is 1. The van der Waals surface area contributed by atoms with E-state index in [1.165, 1.54) is 23.1 Å². The number of amides is 1. The highest BCUT2D eigenvalue weighted by atomic mass is 35.5. The molecule has 0 saturated carbocycles. The van der Waals surface area contributed by atoms with Crippen molar-refractivity contribution in [2.75, 3.05) is 18.2 Å². The van der Waals surface area contributed by atoms with Crippen molar-refractivity contribution in [3.05, 3.63) is 44.8 Å². The number of hydrogen-bond donors (Lipinski definition) is 1. The summed E-state index contributed by atoms with van der Waals surface area (Å²) in [6, 6.07) is 7.27. The van der Waals surface area contributed by atoms with Gasteiger partial charge in [0.15, 0.2) is 6.61 Å². The van der Waals surface area contributed by atoms with Crippen LogP contribution in [0, 0.1) is 17.2 Å². The second-order valence-corrected chi connectivity index (χ2v) is 9.03. The lowest BCUT2D eigenvalue weighted by Gasteiger charge is -2.17. The molecule has 0 bridgehead atoms. The third-order valence-electron chi connectivity index (χ3n) is 4.60. The molecule has 1 N–H and O–H groups in total. The van der Waals surface area contributed by atoms with Crippen molar-refractivity contribution >= 4 is 51.6 Å². The van der Waals surface area contributed by atoms with Gasteiger partial charge in [-0.3, -0.25) is 4.79 Å². The Morgan fingerprint density at radius 3 is 2.96 bits per heavy atom. The summed E-state index contributed by atoms with van der Waals surface area (Å²) in [5, 5.41) is 13.0. The molecule has 5 nitrogen and oxygen atoms in total. The highest BCUT2D eigenvalue weighted by Crippen LogP contribution is 2.39. The predicted molar refractivity (Wildman–Crippen MR) is 112 cm³/mol. The number of thiophene rings is 1. The fraction of sp³-hybridized carbons (Fsp3) is 0.350. The van der Waals surface area contributed by atoms with Crippen molar-refractivity contribution < 1.29 is 14.3 Å². The average Bonchev–Trinajstić information content (AvgIpc) is 3.02. The third kappa shape index (κ3) is 4.52. The second-order valence-electron chi connectivity index (χ2n) is 6.64. The number of carbonyl (C=O) groups excluding carboxylic acids is 2. The first-order valence-corrected chi connectivity index (χ1v) is 11.2. The summed E-state index contributed by atoms with van der Waals surface area (Å²) in [5.74, 6) is -0.562. The lowest BCUT2D eigenvalue weighted by molar-refractivity contribution is -0.119. The molecule has 3 rings (SSSR count). The number of nitrogens with zero attached hydrogens (tertiary/aromatic N) is 1. The van der Waals surface area contributed by atoms with E-state index in [0.717, 1.165) is 34.6 Å². The molecule has 1 unspecified atom stereocenters. The van der Waals surface area contributed by atoms with Crippen LogP contribution >= 0.6 is 34.7 Å². The molecule has 0 radical (unpaired) electrons. The van der Waals surface area contributed by atoms with Gasteiger partial charge in [-0.15, -0.1) is 23.1 Å². The molecule has 1 aliphatic carbocycles. The molecular weight excluding hydrogens is 416 g/mol. The zero-order valence-corrected chi connectivity index (χ0v) is 17.9. The van der Waals surface area contributed by atoms with Crippen molar-refractivity contribution in [3.63, 3.8) is 0 Å². The number of nitriles is 1. The Labute approximate surface area is 177 Å². The second kappa shape index (κ2) is 8.99. The fourth-order valence-corrected chi connectivity index (χ4v) is 5.13. The number of fused-ring (bicyclic) bond motifs is 1. The Balaban J connectivity index is 1.65. The zero-order chi connectivity index (χ0) is 20.3. The Morgan fingerprint density at radius 1 is 1.46 bits per heavy atom. The van der Waals surface area contributed by atoms with Crippen LogP contribution in [0.15, 0.2) is 23.1 Å². The van der Waals surface area contributed by atoms with E-state index in [9.17, 15) is 14.9 Å². The van der Waals surface area contributed by atoms with Gasteiger partial charge in [-0.05, 0) is 55.2 Å². The summed E-state index contributed by atoms with van der Waals surface area (Å²) >= 11 is 8.97. The number of anilines is 1. The Hall–Kier alpha value is -2.01. The van der Waals surface area contributed by atoms with Crippen LogP contribution in [0.3, 0.4) is 0 Å². The molecule has 0 spiro atoms. The Kier molecular flexibility index (Phi) is 6.65. The number of carbonyl (C=O) groups is 2. The molecule has 0 aliphatic heterocycles. The molecule has 8 heteroatoms. The normalized spacial score (nSPS) is 15.4. The maximum absolute atomic E-state index is 12.3. The molecule has 2 aromatic rings. The van der Waals surface area contributed by atoms with Gasteiger partial charge in [-0.25, -0.2) is 4.79 Å². The summed E-state index contributed by atoms with van der Waals surface area (Å²) < 4.78 is 5.11. The van der Waals surface area contributed by atoms with E-state index in [-0.39, 0.29) is 10.6 Å². The minimum Gasteiger partial charge on any atom is -0.452 e. The van der Waals surface area contributed by atoms with Crippen molar-refractivity contribution in [1.29, 1.82) is 5.26 Å². The quantitative estimate of drug-likeness (QED) is 0.534. The number of rotatable bonds is 5. The standard InChI is InChI=1S/C20H19ClN2O3S2/c1-11-3-5-13-15(9-22)19(28-17(13)7-11)23-18(24)10-26-20(25)14-8-12(27-2)4-6-16(14)21/h4,6,8,11H,3,5,7,10H2,1-2H3,(H,23,24). The smallest absolute Gasteiger partial charge is 0.340 e. The first-order chi connectivity index (χ1) is 13.4. The predicted octanol–water partition coefficient (Wildman–Crippen LogP) is 4.92. The number of nitrogens with one attached hydrogen (secondary N) is 1. The van der Waals surface area contributed by atoms with Gasteiger partial charge in [0.25, 0.3) is 5.91 Å². The Bertz CT molecular complexity index is 965. The van der Waals surface area contributed by atoms with Crippen molar-refractivity contribution in [3.8, 4) is 6.07 Å². The molecule has 1 aromatic heterocycles. The SMILES string of the molecule is CSc1ccc(Cl)c(C(=O)OCC(=O)Nc2sc3c(c2C#N)CCC(C)C3)c1. The van der Waals surface area contributed by atoms with Gasteiger partial charge in [-0.1, -0.05) is 18.5 Å². The third-order valence-corrected chi connectivity index (χ3v) is 6.83. The fourth-order valence-electron chi connectivity index (χ4n) is 3.12. The first-order valence-electron chi connectivity index (χ1n) is 8.78. The first kappa shape index (κ1) is 20.7. The van der Waals surface area contributed by atoms with E-state index in [1.54, 1.807) is 18.2 Å². The van der Waals surface area contributed by atoms with Crippen LogP contribution in [-0.4, -0.2) is 24.7 Å². The van der Waals surface area contributed by atoms with E-state index in [1.807, 2.05) is 6.26 Å². The molecule has 1 atom stereocenters. The highest BCUT2D eigenvalue weighted by Gasteiger charge is 2.25. The molecule has 0 fully saturated rings. The minimum absolute atomic E-state index is 0.222. The van der Waals surface area contributed by atoms with E-state index in [2.05, 4.69) is 18.3 Å². The number of esters is 1. The lowest BCUT2D eigenvalue weighted by Crippen LogP contribution is -2.21. The summed E-state index contributed by atoms with van der Waals surface area (Å²) in [7, 11) is 0. The Morgan fingerprint density at radius 2 is 2.25 bits per heavy atom. The van der Waals surface area contributed by atoms with E-state index in [4.69, 9.17) is 16.3 Å². The van der Waals surface area contributed by atoms with Crippen LogP contribution < -0.4 is 5.32 Å². The number of thioether (sulfide) groups is 1. The zero-order valence-electron chi connectivity index (χ0n) is 15.5. The van der Waals surface area contributed by atoms with Crippen LogP contribution in [0.25, 0.3) is 0 Å². The molecule has 1 aromatic carbocycles.